The lowest BCUT2D eigenvalue weighted by Gasteiger charge is -1.91. The monoisotopic (exact) mass is 175 g/mol. The van der Waals surface area contributed by atoms with E-state index in [2.05, 4.69) is 4.98 Å². The zero-order chi connectivity index (χ0) is 9.26. The molecule has 0 bridgehead atoms. The summed E-state index contributed by atoms with van der Waals surface area (Å²) >= 11 is 0. The van der Waals surface area contributed by atoms with Crippen molar-refractivity contribution in [3.05, 3.63) is 30.2 Å². The number of Topliss-reactive ketones (excluding diaryl/α,β-unsaturated/α-hetero) is 1. The molecule has 0 aromatic carbocycles. The number of carbonyl (C=O) groups is 1. The number of carbonyl (C=O) groups excluding carboxylic acids is 1. The molecule has 0 aliphatic carbocycles. The summed E-state index contributed by atoms with van der Waals surface area (Å²) in [6.07, 6.45) is 3.68. The number of ketones is 1. The summed E-state index contributed by atoms with van der Waals surface area (Å²) < 4.78 is 5.19. The predicted octanol–water partition coefficient (Wildman–Crippen LogP) is 1.96. The lowest BCUT2D eigenvalue weighted by Crippen LogP contribution is -1.94. The quantitative estimate of drug-likeness (QED) is 0.700. The van der Waals surface area contributed by atoms with E-state index in [-0.39, 0.29) is 5.78 Å². The van der Waals surface area contributed by atoms with E-state index < -0.39 is 0 Å². The minimum Gasteiger partial charge on any atom is -0.446 e. The molecule has 2 rings (SSSR count). The number of pyridine rings is 1. The van der Waals surface area contributed by atoms with E-state index >= 15 is 0 Å². The molecule has 0 aliphatic heterocycles. The van der Waals surface area contributed by atoms with Crippen molar-refractivity contribution >= 4 is 16.9 Å². The maximum absolute atomic E-state index is 10.9. The van der Waals surface area contributed by atoms with Crippen LogP contribution in [0.4, 0.5) is 0 Å². The Bertz CT molecular complexity index is 445. The number of furan rings is 1. The third kappa shape index (κ3) is 1.45. The van der Waals surface area contributed by atoms with Crippen LogP contribution < -0.4 is 0 Å². The Morgan fingerprint density at radius 1 is 1.62 bits per heavy atom. The fraction of sp³-hybridized carbons (Fsp3) is 0.200. The molecule has 0 fully saturated rings. The lowest BCUT2D eigenvalue weighted by atomic mass is 10.1. The van der Waals surface area contributed by atoms with Crippen molar-refractivity contribution in [2.45, 2.75) is 13.3 Å². The topological polar surface area (TPSA) is 43.1 Å². The summed E-state index contributed by atoms with van der Waals surface area (Å²) in [6, 6.07) is 3.74. The average Bonchev–Trinajstić information content (AvgIpc) is 2.48. The highest BCUT2D eigenvalue weighted by Gasteiger charge is 2.07. The Labute approximate surface area is 75.4 Å². The normalized spacial score (nSPS) is 10.5. The summed E-state index contributed by atoms with van der Waals surface area (Å²) in [7, 11) is 0. The van der Waals surface area contributed by atoms with Crippen LogP contribution in [-0.4, -0.2) is 10.8 Å². The molecular formula is C10H9NO2. The maximum atomic E-state index is 10.9. The zero-order valence-corrected chi connectivity index (χ0v) is 7.28. The molecule has 0 saturated heterocycles. The van der Waals surface area contributed by atoms with Gasteiger partial charge in [-0.25, -0.2) is 4.98 Å². The van der Waals surface area contributed by atoms with Gasteiger partial charge in [-0.2, -0.15) is 0 Å². The van der Waals surface area contributed by atoms with E-state index in [1.807, 2.05) is 12.1 Å². The average molecular weight is 175 g/mol. The fourth-order valence-electron chi connectivity index (χ4n) is 1.32. The van der Waals surface area contributed by atoms with Gasteiger partial charge in [0, 0.05) is 23.6 Å². The minimum atomic E-state index is 0.131. The molecule has 2 aromatic heterocycles. The van der Waals surface area contributed by atoms with Crippen molar-refractivity contribution in [2.75, 3.05) is 0 Å². The van der Waals surface area contributed by atoms with Crippen LogP contribution >= 0.6 is 0 Å². The van der Waals surface area contributed by atoms with E-state index in [1.165, 1.54) is 0 Å². The molecule has 0 N–H and O–H groups in total. The standard InChI is InChI=1S/C10H9NO2/c1-7(12)5-8-6-13-10-9(8)3-2-4-11-10/h2-4,6H,5H2,1H3. The molecule has 0 atom stereocenters. The van der Waals surface area contributed by atoms with Crippen LogP contribution in [0.25, 0.3) is 11.1 Å². The number of fused-ring (bicyclic) bond motifs is 1. The number of nitrogens with zero attached hydrogens (tertiary/aromatic N) is 1. The Hall–Kier alpha value is -1.64. The van der Waals surface area contributed by atoms with Gasteiger partial charge in [0.1, 0.15) is 5.78 Å². The van der Waals surface area contributed by atoms with Crippen LogP contribution in [0.15, 0.2) is 29.0 Å². The highest BCUT2D eigenvalue weighted by atomic mass is 16.3. The van der Waals surface area contributed by atoms with Gasteiger partial charge >= 0.3 is 0 Å². The first-order valence-corrected chi connectivity index (χ1v) is 4.08. The molecular weight excluding hydrogens is 166 g/mol. The second-order valence-electron chi connectivity index (χ2n) is 3.00. The molecule has 0 aliphatic rings. The number of rotatable bonds is 2. The van der Waals surface area contributed by atoms with E-state index in [0.717, 1.165) is 10.9 Å². The second kappa shape index (κ2) is 3.01. The molecule has 2 aromatic rings. The molecule has 0 radical (unpaired) electrons. The minimum absolute atomic E-state index is 0.131. The van der Waals surface area contributed by atoms with Gasteiger partial charge in [-0.05, 0) is 19.1 Å². The van der Waals surface area contributed by atoms with Crippen LogP contribution in [-0.2, 0) is 11.2 Å². The Morgan fingerprint density at radius 3 is 3.23 bits per heavy atom. The van der Waals surface area contributed by atoms with Crippen molar-refractivity contribution < 1.29 is 9.21 Å². The third-order valence-electron chi connectivity index (χ3n) is 1.87. The third-order valence-corrected chi connectivity index (χ3v) is 1.87. The van der Waals surface area contributed by atoms with Gasteiger partial charge in [-0.15, -0.1) is 0 Å². The summed E-state index contributed by atoms with van der Waals surface area (Å²) in [5.74, 6) is 0.131. The van der Waals surface area contributed by atoms with Crippen molar-refractivity contribution in [3.63, 3.8) is 0 Å². The van der Waals surface area contributed by atoms with Gasteiger partial charge in [0.25, 0.3) is 0 Å². The summed E-state index contributed by atoms with van der Waals surface area (Å²) in [5, 5.41) is 0.928. The lowest BCUT2D eigenvalue weighted by molar-refractivity contribution is -0.116. The van der Waals surface area contributed by atoms with Crippen molar-refractivity contribution in [2.24, 2.45) is 0 Å². The van der Waals surface area contributed by atoms with Crippen molar-refractivity contribution in [1.82, 2.24) is 4.98 Å². The fourth-order valence-corrected chi connectivity index (χ4v) is 1.32. The van der Waals surface area contributed by atoms with Gasteiger partial charge in [0.05, 0.1) is 6.26 Å². The summed E-state index contributed by atoms with van der Waals surface area (Å²) in [6.45, 7) is 1.56. The molecule has 3 heteroatoms. The number of hydrogen-bond donors (Lipinski definition) is 0. The first-order chi connectivity index (χ1) is 6.27. The van der Waals surface area contributed by atoms with Crippen LogP contribution in [0.2, 0.25) is 0 Å². The van der Waals surface area contributed by atoms with Crippen molar-refractivity contribution in [1.29, 1.82) is 0 Å². The van der Waals surface area contributed by atoms with E-state index in [0.29, 0.717) is 12.1 Å². The van der Waals surface area contributed by atoms with Crippen LogP contribution in [0, 0.1) is 0 Å². The Morgan fingerprint density at radius 2 is 2.46 bits per heavy atom. The first kappa shape index (κ1) is 7.98. The molecule has 3 nitrogen and oxygen atoms in total. The van der Waals surface area contributed by atoms with Gasteiger partial charge in [0.15, 0.2) is 0 Å². The molecule has 66 valence electrons. The molecule has 0 spiro atoms. The molecule has 13 heavy (non-hydrogen) atoms. The van der Waals surface area contributed by atoms with Crippen LogP contribution in [0.1, 0.15) is 12.5 Å². The molecule has 0 unspecified atom stereocenters. The number of hydrogen-bond acceptors (Lipinski definition) is 3. The molecule has 0 saturated carbocycles. The second-order valence-corrected chi connectivity index (χ2v) is 3.00. The highest BCUT2D eigenvalue weighted by Crippen LogP contribution is 2.18. The highest BCUT2D eigenvalue weighted by molar-refractivity contribution is 5.85. The van der Waals surface area contributed by atoms with Crippen LogP contribution in [0.3, 0.4) is 0 Å². The van der Waals surface area contributed by atoms with Crippen LogP contribution in [0.5, 0.6) is 0 Å². The van der Waals surface area contributed by atoms with Crippen molar-refractivity contribution in [3.8, 4) is 0 Å². The predicted molar refractivity (Wildman–Crippen MR) is 48.4 cm³/mol. The van der Waals surface area contributed by atoms with E-state index in [1.54, 1.807) is 19.4 Å². The molecule has 0 amide bonds. The smallest absolute Gasteiger partial charge is 0.226 e. The Kier molecular flexibility index (Phi) is 1.85. The molecule has 2 heterocycles. The van der Waals surface area contributed by atoms with E-state index in [9.17, 15) is 4.79 Å². The van der Waals surface area contributed by atoms with Gasteiger partial charge in [-0.1, -0.05) is 0 Å². The summed E-state index contributed by atoms with van der Waals surface area (Å²) in [4.78, 5) is 14.9. The maximum Gasteiger partial charge on any atom is 0.226 e. The van der Waals surface area contributed by atoms with E-state index in [4.69, 9.17) is 4.42 Å². The SMILES string of the molecule is CC(=O)Cc1coc2ncccc12. The van der Waals surface area contributed by atoms with Gasteiger partial charge < -0.3 is 4.42 Å². The first-order valence-electron chi connectivity index (χ1n) is 4.08. The Balaban J connectivity index is 2.51. The van der Waals surface area contributed by atoms with Gasteiger partial charge in [0.2, 0.25) is 5.71 Å². The zero-order valence-electron chi connectivity index (χ0n) is 7.28. The largest absolute Gasteiger partial charge is 0.446 e. The van der Waals surface area contributed by atoms with Gasteiger partial charge in [-0.3, -0.25) is 4.79 Å². The number of aromatic nitrogens is 1. The summed E-state index contributed by atoms with van der Waals surface area (Å²) in [5.41, 5.74) is 1.51.